The van der Waals surface area contributed by atoms with E-state index < -0.39 is 24.7 Å². The minimum Gasteiger partial charge on any atom is -0.329 e. The molecule has 0 aromatic heterocycles. The van der Waals surface area contributed by atoms with Crippen molar-refractivity contribution in [3.63, 3.8) is 0 Å². The van der Waals surface area contributed by atoms with Gasteiger partial charge in [-0.1, -0.05) is 31.6 Å². The van der Waals surface area contributed by atoms with Gasteiger partial charge in [0.2, 0.25) is 5.91 Å². The van der Waals surface area contributed by atoms with E-state index in [1.807, 2.05) is 18.2 Å². The normalized spacial score (nSPS) is 26.8. The zero-order valence-corrected chi connectivity index (χ0v) is 19.0. The van der Waals surface area contributed by atoms with Crippen LogP contribution >= 0.6 is 0 Å². The fraction of sp³-hybridized carbons (Fsp3) is 0.600. The van der Waals surface area contributed by atoms with Crippen molar-refractivity contribution in [2.24, 2.45) is 5.92 Å². The molecule has 2 amide bonds. The first kappa shape index (κ1) is 23.8. The van der Waals surface area contributed by atoms with Crippen LogP contribution in [0.25, 0.3) is 0 Å². The van der Waals surface area contributed by atoms with Crippen LogP contribution in [0, 0.1) is 5.92 Å². The number of nitrogens with one attached hydrogen (secondary N) is 2. The highest BCUT2D eigenvalue weighted by molar-refractivity contribution is 6.01. The number of nitrogens with zero attached hydrogens (tertiary/aromatic N) is 1. The fourth-order valence-electron chi connectivity index (χ4n) is 5.58. The molecule has 180 valence electrons. The second-order valence-electron chi connectivity index (χ2n) is 9.81. The number of alkyl halides is 3. The summed E-state index contributed by atoms with van der Waals surface area (Å²) < 4.78 is 38.3. The second-order valence-corrected chi connectivity index (χ2v) is 9.81. The molecule has 2 fully saturated rings. The number of hydrogen-bond donors (Lipinski definition) is 2. The minimum absolute atomic E-state index is 0.0570. The van der Waals surface area contributed by atoms with Gasteiger partial charge in [-0.25, -0.2) is 0 Å². The van der Waals surface area contributed by atoms with Crippen LogP contribution in [-0.4, -0.2) is 41.0 Å². The molecule has 1 saturated carbocycles. The van der Waals surface area contributed by atoms with E-state index in [9.17, 15) is 22.8 Å². The molecular formula is C25H32F3N3O2. The molecule has 0 radical (unpaired) electrons. The Morgan fingerprint density at radius 3 is 2.70 bits per heavy atom. The molecule has 4 atom stereocenters. The average molecular weight is 464 g/mol. The van der Waals surface area contributed by atoms with Gasteiger partial charge in [0.1, 0.15) is 6.04 Å². The van der Waals surface area contributed by atoms with E-state index in [0.29, 0.717) is 30.6 Å². The lowest BCUT2D eigenvalue weighted by Crippen LogP contribution is -2.49. The number of carbonyl (C=O) groups excluding carboxylic acids is 2. The summed E-state index contributed by atoms with van der Waals surface area (Å²) in [7, 11) is 0. The Balaban J connectivity index is 1.42. The number of rotatable bonds is 6. The Morgan fingerprint density at radius 2 is 1.97 bits per heavy atom. The lowest BCUT2D eigenvalue weighted by atomic mass is 9.80. The number of hydrogen-bond acceptors (Lipinski definition) is 3. The SMILES string of the molecule is C=C1CCC(N2Cc3cc(C[C@H]4CCCC[C@@H]4NC(C)CC(F)(F)F)ccc3C2=O)C(=O)N1. The monoisotopic (exact) mass is 463 g/mol. The van der Waals surface area contributed by atoms with E-state index in [4.69, 9.17) is 0 Å². The molecule has 5 nitrogen and oxygen atoms in total. The van der Waals surface area contributed by atoms with Crippen LogP contribution in [0.1, 0.15) is 73.4 Å². The summed E-state index contributed by atoms with van der Waals surface area (Å²) in [4.78, 5) is 27.0. The van der Waals surface area contributed by atoms with Crippen LogP contribution in [0.4, 0.5) is 13.2 Å². The van der Waals surface area contributed by atoms with Crippen molar-refractivity contribution < 1.29 is 22.8 Å². The molecule has 2 N–H and O–H groups in total. The van der Waals surface area contributed by atoms with Crippen LogP contribution in [0.15, 0.2) is 30.5 Å². The Morgan fingerprint density at radius 1 is 1.21 bits per heavy atom. The molecule has 1 aromatic carbocycles. The molecule has 2 heterocycles. The Labute approximate surface area is 192 Å². The first-order chi connectivity index (χ1) is 15.6. The summed E-state index contributed by atoms with van der Waals surface area (Å²) in [5.74, 6) is -0.0463. The first-order valence-electron chi connectivity index (χ1n) is 11.8. The van der Waals surface area contributed by atoms with Crippen molar-refractivity contribution >= 4 is 11.8 Å². The molecule has 4 rings (SSSR count). The van der Waals surface area contributed by atoms with Crippen LogP contribution in [0.3, 0.4) is 0 Å². The summed E-state index contributed by atoms with van der Waals surface area (Å²) in [6.45, 7) is 5.80. The zero-order chi connectivity index (χ0) is 23.8. The maximum atomic E-state index is 12.9. The maximum Gasteiger partial charge on any atom is 0.390 e. The number of fused-ring (bicyclic) bond motifs is 1. The lowest BCUT2D eigenvalue weighted by Gasteiger charge is -2.35. The molecule has 33 heavy (non-hydrogen) atoms. The highest BCUT2D eigenvalue weighted by Crippen LogP contribution is 2.33. The number of piperidine rings is 1. The number of carbonyl (C=O) groups is 2. The van der Waals surface area contributed by atoms with Gasteiger partial charge < -0.3 is 15.5 Å². The summed E-state index contributed by atoms with van der Waals surface area (Å²) in [5.41, 5.74) is 3.32. The van der Waals surface area contributed by atoms with E-state index in [1.54, 1.807) is 11.8 Å². The standard InChI is InChI=1S/C25H32F3N3O2/c1-15-7-10-22(23(32)30-15)31-14-19-12-17(8-9-20(19)24(31)33)11-18-5-3-4-6-21(18)29-16(2)13-25(26,27)28/h8-9,12,16,18,21-22,29H,1,3-7,10-11,13-14H2,2H3,(H,30,32)/t16?,18-,21+,22?/m1/s1. The predicted octanol–water partition coefficient (Wildman–Crippen LogP) is 4.47. The van der Waals surface area contributed by atoms with Crippen LogP contribution < -0.4 is 10.6 Å². The van der Waals surface area contributed by atoms with Gasteiger partial charge in [-0.05, 0) is 62.1 Å². The van der Waals surface area contributed by atoms with Gasteiger partial charge in [0, 0.05) is 29.9 Å². The topological polar surface area (TPSA) is 61.4 Å². The highest BCUT2D eigenvalue weighted by atomic mass is 19.4. The van der Waals surface area contributed by atoms with Gasteiger partial charge in [0.05, 0.1) is 6.42 Å². The van der Waals surface area contributed by atoms with Crippen molar-refractivity contribution in [2.45, 2.75) is 89.1 Å². The van der Waals surface area contributed by atoms with Crippen molar-refractivity contribution in [2.75, 3.05) is 0 Å². The van der Waals surface area contributed by atoms with Crippen LogP contribution in [0.5, 0.6) is 0 Å². The Hall–Kier alpha value is -2.35. The smallest absolute Gasteiger partial charge is 0.329 e. The van der Waals surface area contributed by atoms with Gasteiger partial charge in [-0.15, -0.1) is 0 Å². The molecule has 0 bridgehead atoms. The second kappa shape index (κ2) is 9.49. The van der Waals surface area contributed by atoms with Gasteiger partial charge >= 0.3 is 6.18 Å². The van der Waals surface area contributed by atoms with Gasteiger partial charge in [-0.2, -0.15) is 13.2 Å². The minimum atomic E-state index is -4.17. The lowest BCUT2D eigenvalue weighted by molar-refractivity contribution is -0.139. The van der Waals surface area contributed by atoms with Gasteiger partial charge in [0.15, 0.2) is 0 Å². The van der Waals surface area contributed by atoms with Crippen molar-refractivity contribution in [1.82, 2.24) is 15.5 Å². The highest BCUT2D eigenvalue weighted by Gasteiger charge is 2.38. The molecule has 3 aliphatic rings. The molecule has 1 aromatic rings. The predicted molar refractivity (Wildman–Crippen MR) is 119 cm³/mol. The number of halogens is 3. The third kappa shape index (κ3) is 5.60. The van der Waals surface area contributed by atoms with Gasteiger partial charge in [-0.3, -0.25) is 9.59 Å². The Bertz CT molecular complexity index is 930. The van der Waals surface area contributed by atoms with Crippen molar-refractivity contribution in [1.29, 1.82) is 0 Å². The maximum absolute atomic E-state index is 12.9. The summed E-state index contributed by atoms with van der Waals surface area (Å²) in [5, 5.41) is 5.98. The largest absolute Gasteiger partial charge is 0.390 e. The summed E-state index contributed by atoms with van der Waals surface area (Å²) in [6, 6.07) is 4.79. The molecule has 2 unspecified atom stereocenters. The van der Waals surface area contributed by atoms with Crippen LogP contribution in [-0.2, 0) is 17.8 Å². The van der Waals surface area contributed by atoms with E-state index >= 15 is 0 Å². The van der Waals surface area contributed by atoms with E-state index in [1.165, 1.54) is 0 Å². The van der Waals surface area contributed by atoms with Crippen LogP contribution in [0.2, 0.25) is 0 Å². The number of benzene rings is 1. The molecule has 2 aliphatic heterocycles. The van der Waals surface area contributed by atoms with Gasteiger partial charge in [0.25, 0.3) is 5.91 Å². The average Bonchev–Trinajstić information content (AvgIpc) is 3.04. The van der Waals surface area contributed by atoms with E-state index in [0.717, 1.165) is 43.2 Å². The third-order valence-electron chi connectivity index (χ3n) is 7.14. The molecule has 8 heteroatoms. The van der Waals surface area contributed by atoms with E-state index in [-0.39, 0.29) is 23.8 Å². The zero-order valence-electron chi connectivity index (χ0n) is 19.0. The Kier molecular flexibility index (Phi) is 6.84. The summed E-state index contributed by atoms with van der Waals surface area (Å²) >= 11 is 0. The molecular weight excluding hydrogens is 431 g/mol. The number of amides is 2. The fourth-order valence-corrected chi connectivity index (χ4v) is 5.58. The molecule has 1 aliphatic carbocycles. The third-order valence-corrected chi connectivity index (χ3v) is 7.14. The molecule has 1 saturated heterocycles. The number of allylic oxidation sites excluding steroid dienone is 1. The quantitative estimate of drug-likeness (QED) is 0.655. The van der Waals surface area contributed by atoms with Crippen molar-refractivity contribution in [3.8, 4) is 0 Å². The summed E-state index contributed by atoms with van der Waals surface area (Å²) in [6.07, 6.45) is 0.963. The van der Waals surface area contributed by atoms with Crippen molar-refractivity contribution in [3.05, 3.63) is 47.2 Å². The van der Waals surface area contributed by atoms with E-state index in [2.05, 4.69) is 17.2 Å². The molecule has 0 spiro atoms. The first-order valence-corrected chi connectivity index (χ1v) is 11.8.